The van der Waals surface area contributed by atoms with Crippen LogP contribution in [0.3, 0.4) is 0 Å². The largest absolute Gasteiger partial charge is 0.475 e. The Morgan fingerprint density at radius 1 is 0.966 bits per heavy atom. The molecule has 29 heavy (non-hydrogen) atoms. The molecule has 7 nitrogen and oxygen atoms in total. The maximum atomic E-state index is 12.6. The fraction of sp³-hybridized carbons (Fsp3) is 0.333. The maximum Gasteiger partial charge on any atom is 0.475 e. The number of carbonyl (C=O) groups excluding carboxylic acids is 2. The van der Waals surface area contributed by atoms with Crippen LogP contribution in [0.1, 0.15) is 30.6 Å². The van der Waals surface area contributed by atoms with Gasteiger partial charge in [0.05, 0.1) is 12.5 Å². The van der Waals surface area contributed by atoms with E-state index in [1.807, 2.05) is 50.2 Å². The lowest BCUT2D eigenvalue weighted by molar-refractivity contribution is -0.124. The lowest BCUT2D eigenvalue weighted by atomic mass is 9.75. The Bertz CT molecular complexity index is 814. The molecule has 2 amide bonds. The first-order valence-electron chi connectivity index (χ1n) is 9.55. The van der Waals surface area contributed by atoms with Crippen LogP contribution in [0.2, 0.25) is 0 Å². The molecule has 0 aliphatic rings. The Hall–Kier alpha value is -2.68. The van der Waals surface area contributed by atoms with Gasteiger partial charge in [-0.25, -0.2) is 0 Å². The SMILES string of the molecule is CC(C)CC(NC(=O)C(CO)NC(=O)c1cccc(-c2ccccc2)c1)B(O)O. The van der Waals surface area contributed by atoms with E-state index < -0.39 is 37.5 Å². The molecule has 0 aromatic heterocycles. The summed E-state index contributed by atoms with van der Waals surface area (Å²) in [7, 11) is -1.74. The fourth-order valence-corrected chi connectivity index (χ4v) is 2.95. The second-order valence-electron chi connectivity index (χ2n) is 7.31. The van der Waals surface area contributed by atoms with Crippen molar-refractivity contribution in [3.8, 4) is 11.1 Å². The van der Waals surface area contributed by atoms with E-state index in [4.69, 9.17) is 0 Å². The molecule has 0 radical (unpaired) electrons. The highest BCUT2D eigenvalue weighted by molar-refractivity contribution is 6.43. The normalized spacial score (nSPS) is 12.9. The van der Waals surface area contributed by atoms with E-state index in [-0.39, 0.29) is 5.92 Å². The Morgan fingerprint density at radius 2 is 1.62 bits per heavy atom. The molecular formula is C21H27BN2O5. The minimum atomic E-state index is -1.74. The van der Waals surface area contributed by atoms with Crippen molar-refractivity contribution < 1.29 is 24.7 Å². The molecule has 2 aromatic rings. The molecule has 0 heterocycles. The van der Waals surface area contributed by atoms with Crippen molar-refractivity contribution in [1.82, 2.24) is 10.6 Å². The van der Waals surface area contributed by atoms with E-state index in [1.54, 1.807) is 18.2 Å². The predicted octanol–water partition coefficient (Wildman–Crippen LogP) is 0.987. The van der Waals surface area contributed by atoms with Gasteiger partial charge in [-0.3, -0.25) is 9.59 Å². The van der Waals surface area contributed by atoms with Gasteiger partial charge in [0.25, 0.3) is 5.91 Å². The number of hydrogen-bond acceptors (Lipinski definition) is 5. The second-order valence-corrected chi connectivity index (χ2v) is 7.31. The van der Waals surface area contributed by atoms with Crippen LogP contribution < -0.4 is 10.6 Å². The number of nitrogens with one attached hydrogen (secondary N) is 2. The van der Waals surface area contributed by atoms with Crippen LogP contribution >= 0.6 is 0 Å². The minimum Gasteiger partial charge on any atom is -0.426 e. The van der Waals surface area contributed by atoms with Gasteiger partial charge in [0.15, 0.2) is 0 Å². The summed E-state index contributed by atoms with van der Waals surface area (Å²) in [5.74, 6) is -1.97. The Balaban J connectivity index is 2.08. The quantitative estimate of drug-likeness (QED) is 0.404. The molecule has 0 spiro atoms. The van der Waals surface area contributed by atoms with Crippen LogP contribution in [0.25, 0.3) is 11.1 Å². The van der Waals surface area contributed by atoms with Crippen LogP contribution in [-0.4, -0.2) is 52.7 Å². The van der Waals surface area contributed by atoms with Gasteiger partial charge in [0, 0.05) is 5.56 Å². The third-order valence-corrected chi connectivity index (χ3v) is 4.45. The molecule has 154 valence electrons. The summed E-state index contributed by atoms with van der Waals surface area (Å²) in [5.41, 5.74) is 2.15. The average molecular weight is 398 g/mol. The summed E-state index contributed by atoms with van der Waals surface area (Å²) < 4.78 is 0. The highest BCUT2D eigenvalue weighted by atomic mass is 16.4. The first kappa shape index (κ1) is 22.6. The number of rotatable bonds is 9. The van der Waals surface area contributed by atoms with Crippen LogP contribution in [0.5, 0.6) is 0 Å². The van der Waals surface area contributed by atoms with E-state index >= 15 is 0 Å². The van der Waals surface area contributed by atoms with Crippen molar-refractivity contribution in [1.29, 1.82) is 0 Å². The zero-order valence-corrected chi connectivity index (χ0v) is 16.6. The molecular weight excluding hydrogens is 371 g/mol. The average Bonchev–Trinajstić information content (AvgIpc) is 2.71. The molecule has 0 saturated heterocycles. The van der Waals surface area contributed by atoms with Gasteiger partial charge in [0.2, 0.25) is 5.91 Å². The van der Waals surface area contributed by atoms with E-state index in [0.29, 0.717) is 12.0 Å². The van der Waals surface area contributed by atoms with Gasteiger partial charge in [-0.05, 0) is 35.6 Å². The van der Waals surface area contributed by atoms with E-state index in [9.17, 15) is 24.7 Å². The number of aliphatic hydroxyl groups excluding tert-OH is 1. The zero-order valence-electron chi connectivity index (χ0n) is 16.6. The summed E-state index contributed by atoms with van der Waals surface area (Å²) in [4.78, 5) is 25.0. The number of carbonyl (C=O) groups is 2. The molecule has 0 fully saturated rings. The van der Waals surface area contributed by atoms with Crippen molar-refractivity contribution >= 4 is 18.9 Å². The van der Waals surface area contributed by atoms with E-state index in [1.165, 1.54) is 0 Å². The summed E-state index contributed by atoms with van der Waals surface area (Å²) in [6.07, 6.45) is 0.342. The van der Waals surface area contributed by atoms with Crippen LogP contribution in [-0.2, 0) is 4.79 Å². The van der Waals surface area contributed by atoms with Gasteiger partial charge < -0.3 is 25.8 Å². The number of hydrogen-bond donors (Lipinski definition) is 5. The first-order valence-corrected chi connectivity index (χ1v) is 9.55. The van der Waals surface area contributed by atoms with Crippen molar-refractivity contribution in [2.24, 2.45) is 5.92 Å². The standard InChI is InChI=1S/C21H27BN2O5/c1-14(2)11-19(22(28)29)24-21(27)18(13-25)23-20(26)17-10-6-9-16(12-17)15-7-4-3-5-8-15/h3-10,12,14,18-19,25,28-29H,11,13H2,1-2H3,(H,23,26)(H,24,27). The molecule has 2 rings (SSSR count). The second kappa shape index (κ2) is 10.8. The van der Waals surface area contributed by atoms with Gasteiger partial charge in [-0.2, -0.15) is 0 Å². The molecule has 8 heteroatoms. The molecule has 2 unspecified atom stereocenters. The van der Waals surface area contributed by atoms with Gasteiger partial charge >= 0.3 is 7.12 Å². The van der Waals surface area contributed by atoms with Gasteiger partial charge in [-0.15, -0.1) is 0 Å². The minimum absolute atomic E-state index is 0.116. The summed E-state index contributed by atoms with van der Waals surface area (Å²) in [6, 6.07) is 15.3. The van der Waals surface area contributed by atoms with Crippen molar-refractivity contribution in [3.63, 3.8) is 0 Å². The highest BCUT2D eigenvalue weighted by Crippen LogP contribution is 2.20. The fourth-order valence-electron chi connectivity index (χ4n) is 2.95. The molecule has 2 aromatic carbocycles. The third kappa shape index (κ3) is 6.71. The summed E-state index contributed by atoms with van der Waals surface area (Å²) >= 11 is 0. The number of amides is 2. The summed E-state index contributed by atoms with van der Waals surface area (Å²) in [5, 5.41) is 33.4. The topological polar surface area (TPSA) is 119 Å². The third-order valence-electron chi connectivity index (χ3n) is 4.45. The lowest BCUT2D eigenvalue weighted by Crippen LogP contribution is -2.55. The summed E-state index contributed by atoms with van der Waals surface area (Å²) in [6.45, 7) is 3.14. The Morgan fingerprint density at radius 3 is 2.21 bits per heavy atom. The zero-order chi connectivity index (χ0) is 21.4. The van der Waals surface area contributed by atoms with E-state index in [0.717, 1.165) is 11.1 Å². The predicted molar refractivity (Wildman–Crippen MR) is 112 cm³/mol. The highest BCUT2D eigenvalue weighted by Gasteiger charge is 2.29. The maximum absolute atomic E-state index is 12.6. The molecule has 2 atom stereocenters. The number of aliphatic hydroxyl groups is 1. The van der Waals surface area contributed by atoms with Crippen LogP contribution in [0, 0.1) is 5.92 Å². The molecule has 0 aliphatic carbocycles. The van der Waals surface area contributed by atoms with Gasteiger partial charge in [-0.1, -0.05) is 56.3 Å². The lowest BCUT2D eigenvalue weighted by Gasteiger charge is -2.23. The monoisotopic (exact) mass is 398 g/mol. The Kier molecular flexibility index (Phi) is 8.39. The number of benzene rings is 2. The van der Waals surface area contributed by atoms with Crippen LogP contribution in [0.15, 0.2) is 54.6 Å². The van der Waals surface area contributed by atoms with Crippen molar-refractivity contribution in [2.75, 3.05) is 6.61 Å². The molecule has 5 N–H and O–H groups in total. The van der Waals surface area contributed by atoms with Crippen LogP contribution in [0.4, 0.5) is 0 Å². The molecule has 0 bridgehead atoms. The first-order chi connectivity index (χ1) is 13.8. The van der Waals surface area contributed by atoms with Gasteiger partial charge in [0.1, 0.15) is 6.04 Å². The Labute approximate surface area is 170 Å². The van der Waals surface area contributed by atoms with Crippen molar-refractivity contribution in [2.45, 2.75) is 32.3 Å². The van der Waals surface area contributed by atoms with Crippen molar-refractivity contribution in [3.05, 3.63) is 60.2 Å². The molecule has 0 saturated carbocycles. The molecule has 0 aliphatic heterocycles. The van der Waals surface area contributed by atoms with E-state index in [2.05, 4.69) is 10.6 Å². The smallest absolute Gasteiger partial charge is 0.426 e.